The van der Waals surface area contributed by atoms with Crippen molar-refractivity contribution >= 4 is 6.03 Å². The molecular formula is C15H18F2N4O2. The number of carbonyl (C=O) groups excluding carboxylic acids is 1. The highest BCUT2D eigenvalue weighted by Crippen LogP contribution is 2.17. The SMILES string of the molecule is O=C(NCCCn1cccn1)NC[C@@H](O)c1ccc(F)cc1F. The number of nitrogens with one attached hydrogen (secondary N) is 2. The molecule has 0 aliphatic carbocycles. The maximum Gasteiger partial charge on any atom is 0.314 e. The van der Waals surface area contributed by atoms with Crippen molar-refractivity contribution in [3.8, 4) is 0 Å². The van der Waals surface area contributed by atoms with E-state index in [1.165, 1.54) is 0 Å². The lowest BCUT2D eigenvalue weighted by Gasteiger charge is -2.13. The fraction of sp³-hybridized carbons (Fsp3) is 0.333. The number of carbonyl (C=O) groups is 1. The Morgan fingerprint density at radius 1 is 1.35 bits per heavy atom. The summed E-state index contributed by atoms with van der Waals surface area (Å²) in [5.41, 5.74) is -0.0645. The van der Waals surface area contributed by atoms with Gasteiger partial charge in [-0.2, -0.15) is 5.10 Å². The number of aliphatic hydroxyl groups is 1. The van der Waals surface area contributed by atoms with Gasteiger partial charge in [0.1, 0.15) is 11.6 Å². The average Bonchev–Trinajstić information content (AvgIpc) is 3.02. The minimum Gasteiger partial charge on any atom is -0.386 e. The van der Waals surface area contributed by atoms with Gasteiger partial charge in [-0.1, -0.05) is 6.07 Å². The van der Waals surface area contributed by atoms with E-state index in [1.807, 2.05) is 12.3 Å². The van der Waals surface area contributed by atoms with Crippen LogP contribution in [0.15, 0.2) is 36.7 Å². The topological polar surface area (TPSA) is 79.2 Å². The second kappa shape index (κ2) is 8.23. The quantitative estimate of drug-likeness (QED) is 0.677. The highest BCUT2D eigenvalue weighted by Gasteiger charge is 2.14. The van der Waals surface area contributed by atoms with Crippen LogP contribution in [0.2, 0.25) is 0 Å². The maximum atomic E-state index is 13.5. The molecule has 6 nitrogen and oxygen atoms in total. The minimum absolute atomic E-state index is 0.0645. The number of hydrogen-bond acceptors (Lipinski definition) is 3. The monoisotopic (exact) mass is 324 g/mol. The van der Waals surface area contributed by atoms with Crippen molar-refractivity contribution < 1.29 is 18.7 Å². The van der Waals surface area contributed by atoms with Gasteiger partial charge in [-0.25, -0.2) is 13.6 Å². The van der Waals surface area contributed by atoms with E-state index in [4.69, 9.17) is 0 Å². The van der Waals surface area contributed by atoms with E-state index in [0.29, 0.717) is 25.6 Å². The van der Waals surface area contributed by atoms with Gasteiger partial charge in [-0.15, -0.1) is 0 Å². The molecule has 2 aromatic rings. The molecule has 1 atom stereocenters. The van der Waals surface area contributed by atoms with Crippen molar-refractivity contribution in [2.75, 3.05) is 13.1 Å². The standard InChI is InChI=1S/C15H18F2N4O2/c16-11-3-4-12(13(17)9-11)14(22)10-19-15(23)18-5-1-7-21-8-2-6-20-21/h2-4,6,8-9,14,22H,1,5,7,10H2,(H2,18,19,23)/t14-/m1/s1. The third-order valence-corrected chi connectivity index (χ3v) is 3.19. The Balaban J connectivity index is 1.67. The van der Waals surface area contributed by atoms with E-state index in [2.05, 4.69) is 15.7 Å². The molecular weight excluding hydrogens is 306 g/mol. The van der Waals surface area contributed by atoms with Gasteiger partial charge in [0.2, 0.25) is 0 Å². The Morgan fingerprint density at radius 3 is 2.87 bits per heavy atom. The van der Waals surface area contributed by atoms with Crippen molar-refractivity contribution in [1.29, 1.82) is 0 Å². The second-order valence-electron chi connectivity index (χ2n) is 4.94. The number of urea groups is 1. The highest BCUT2D eigenvalue weighted by atomic mass is 19.1. The Bertz CT molecular complexity index is 634. The van der Waals surface area contributed by atoms with Crippen molar-refractivity contribution in [3.05, 3.63) is 53.9 Å². The van der Waals surface area contributed by atoms with Gasteiger partial charge in [0, 0.05) is 43.7 Å². The van der Waals surface area contributed by atoms with Crippen LogP contribution in [0.4, 0.5) is 13.6 Å². The molecule has 0 spiro atoms. The number of aryl methyl sites for hydroxylation is 1. The molecule has 0 aliphatic heterocycles. The summed E-state index contributed by atoms with van der Waals surface area (Å²) in [5.74, 6) is -1.57. The number of hydrogen-bond donors (Lipinski definition) is 3. The molecule has 2 rings (SSSR count). The van der Waals surface area contributed by atoms with Gasteiger partial charge < -0.3 is 15.7 Å². The predicted molar refractivity (Wildman–Crippen MR) is 79.6 cm³/mol. The van der Waals surface area contributed by atoms with Crippen LogP contribution in [0.3, 0.4) is 0 Å². The summed E-state index contributed by atoms with van der Waals surface area (Å²) in [7, 11) is 0. The predicted octanol–water partition coefficient (Wildman–Crippen LogP) is 1.58. The molecule has 23 heavy (non-hydrogen) atoms. The lowest BCUT2D eigenvalue weighted by molar-refractivity contribution is 0.168. The molecule has 124 valence electrons. The molecule has 3 N–H and O–H groups in total. The van der Waals surface area contributed by atoms with E-state index in [0.717, 1.165) is 12.1 Å². The number of amides is 2. The lowest BCUT2D eigenvalue weighted by Crippen LogP contribution is -2.38. The van der Waals surface area contributed by atoms with Gasteiger partial charge in [-0.3, -0.25) is 4.68 Å². The van der Waals surface area contributed by atoms with Gasteiger partial charge in [0.25, 0.3) is 0 Å². The molecule has 2 amide bonds. The second-order valence-corrected chi connectivity index (χ2v) is 4.94. The first-order valence-electron chi connectivity index (χ1n) is 7.18. The molecule has 0 radical (unpaired) electrons. The Kier molecular flexibility index (Phi) is 6.04. The van der Waals surface area contributed by atoms with Crippen LogP contribution in [-0.4, -0.2) is 34.0 Å². The molecule has 0 saturated carbocycles. The van der Waals surface area contributed by atoms with Crippen molar-refractivity contribution in [3.63, 3.8) is 0 Å². The third kappa shape index (κ3) is 5.33. The van der Waals surface area contributed by atoms with Crippen LogP contribution in [0.25, 0.3) is 0 Å². The fourth-order valence-corrected chi connectivity index (χ4v) is 2.01. The Hall–Kier alpha value is -2.48. The number of nitrogens with zero attached hydrogens (tertiary/aromatic N) is 2. The Morgan fingerprint density at radius 2 is 2.17 bits per heavy atom. The van der Waals surface area contributed by atoms with Gasteiger partial charge in [0.05, 0.1) is 6.10 Å². The minimum atomic E-state index is -1.24. The van der Waals surface area contributed by atoms with E-state index in [9.17, 15) is 18.7 Å². The van der Waals surface area contributed by atoms with Gasteiger partial charge in [0.15, 0.2) is 0 Å². The van der Waals surface area contributed by atoms with Gasteiger partial charge in [-0.05, 0) is 18.6 Å². The molecule has 1 aromatic heterocycles. The first-order valence-corrected chi connectivity index (χ1v) is 7.18. The van der Waals surface area contributed by atoms with E-state index in [-0.39, 0.29) is 12.1 Å². The van der Waals surface area contributed by atoms with E-state index < -0.39 is 23.8 Å². The van der Waals surface area contributed by atoms with Gasteiger partial charge >= 0.3 is 6.03 Å². The summed E-state index contributed by atoms with van der Waals surface area (Å²) in [4.78, 5) is 11.6. The molecule has 0 bridgehead atoms. The highest BCUT2D eigenvalue weighted by molar-refractivity contribution is 5.73. The molecule has 0 aliphatic rings. The smallest absolute Gasteiger partial charge is 0.314 e. The maximum absolute atomic E-state index is 13.5. The average molecular weight is 324 g/mol. The molecule has 0 unspecified atom stereocenters. The third-order valence-electron chi connectivity index (χ3n) is 3.19. The van der Waals surface area contributed by atoms with Crippen LogP contribution >= 0.6 is 0 Å². The normalized spacial score (nSPS) is 12.0. The van der Waals surface area contributed by atoms with E-state index in [1.54, 1.807) is 10.9 Å². The summed E-state index contributed by atoms with van der Waals surface area (Å²) >= 11 is 0. The number of aromatic nitrogens is 2. The molecule has 1 heterocycles. The van der Waals surface area contributed by atoms with Crippen LogP contribution in [0.1, 0.15) is 18.1 Å². The first-order chi connectivity index (χ1) is 11.1. The summed E-state index contributed by atoms with van der Waals surface area (Å²) in [6.07, 6.45) is 2.96. The van der Waals surface area contributed by atoms with Crippen LogP contribution in [-0.2, 0) is 6.54 Å². The number of halogens is 2. The zero-order valence-electron chi connectivity index (χ0n) is 12.4. The number of aliphatic hydroxyl groups excluding tert-OH is 1. The van der Waals surface area contributed by atoms with Crippen molar-refractivity contribution in [2.45, 2.75) is 19.1 Å². The van der Waals surface area contributed by atoms with Crippen molar-refractivity contribution in [2.24, 2.45) is 0 Å². The zero-order valence-corrected chi connectivity index (χ0v) is 12.4. The van der Waals surface area contributed by atoms with Crippen molar-refractivity contribution in [1.82, 2.24) is 20.4 Å². The van der Waals surface area contributed by atoms with Crippen LogP contribution < -0.4 is 10.6 Å². The number of rotatable bonds is 7. The largest absolute Gasteiger partial charge is 0.386 e. The Labute approximate surface area is 132 Å². The van der Waals surface area contributed by atoms with Crippen LogP contribution in [0, 0.1) is 11.6 Å². The lowest BCUT2D eigenvalue weighted by atomic mass is 10.1. The first kappa shape index (κ1) is 16.9. The van der Waals surface area contributed by atoms with E-state index >= 15 is 0 Å². The zero-order chi connectivity index (χ0) is 16.7. The summed E-state index contributed by atoms with van der Waals surface area (Å²) in [5, 5.41) is 18.9. The fourth-order valence-electron chi connectivity index (χ4n) is 2.01. The molecule has 8 heteroatoms. The molecule has 0 fully saturated rings. The molecule has 1 aromatic carbocycles. The summed E-state index contributed by atoms with van der Waals surface area (Å²) in [6, 6.07) is 4.24. The summed E-state index contributed by atoms with van der Waals surface area (Å²) < 4.78 is 28.0. The molecule has 0 saturated heterocycles. The van der Waals surface area contributed by atoms with Crippen LogP contribution in [0.5, 0.6) is 0 Å². The number of benzene rings is 1. The summed E-state index contributed by atoms with van der Waals surface area (Å²) in [6.45, 7) is 0.941.